The molecule has 1 atom stereocenters. The van der Waals surface area contributed by atoms with Gasteiger partial charge in [0.05, 0.1) is 39.0 Å². The van der Waals surface area contributed by atoms with Gasteiger partial charge in [-0.1, -0.05) is 64.0 Å². The van der Waals surface area contributed by atoms with Crippen molar-refractivity contribution in [3.8, 4) is 6.07 Å². The molecule has 0 saturated heterocycles. The number of amides is 1. The molecule has 1 aromatic carbocycles. The molecule has 2 aliphatic rings. The van der Waals surface area contributed by atoms with E-state index >= 15 is 0 Å². The summed E-state index contributed by atoms with van der Waals surface area (Å²) in [6.07, 6.45) is 3.08. The lowest BCUT2D eigenvalue weighted by Gasteiger charge is -2.38. The van der Waals surface area contributed by atoms with Crippen molar-refractivity contribution in [3.05, 3.63) is 80.0 Å². The number of pyridine rings is 1. The minimum atomic E-state index is -0.673. The van der Waals surface area contributed by atoms with Crippen LogP contribution in [0.3, 0.4) is 0 Å². The number of nitrogens with zero attached hydrogens (tertiary/aromatic N) is 5. The molecule has 1 aliphatic heterocycles. The van der Waals surface area contributed by atoms with E-state index in [4.69, 9.17) is 40.5 Å². The molecule has 1 amide bonds. The molecule has 0 spiro atoms. The zero-order valence-electron chi connectivity index (χ0n) is 20.0. The summed E-state index contributed by atoms with van der Waals surface area (Å²) < 4.78 is 0.514. The van der Waals surface area contributed by atoms with Crippen LogP contribution >= 0.6 is 57.9 Å². The number of anilines is 2. The monoisotopic (exact) mass is 617 g/mol. The van der Waals surface area contributed by atoms with Gasteiger partial charge in [-0.2, -0.15) is 5.26 Å². The molecule has 9 nitrogen and oxygen atoms in total. The van der Waals surface area contributed by atoms with Crippen molar-refractivity contribution in [1.82, 2.24) is 15.2 Å². The predicted molar refractivity (Wildman–Crippen MR) is 153 cm³/mol. The Morgan fingerprint density at radius 2 is 2.05 bits per heavy atom. The van der Waals surface area contributed by atoms with E-state index in [0.717, 1.165) is 0 Å². The largest absolute Gasteiger partial charge is 0.384 e. The van der Waals surface area contributed by atoms with Crippen molar-refractivity contribution in [2.75, 3.05) is 16.0 Å². The van der Waals surface area contributed by atoms with E-state index in [0.29, 0.717) is 61.3 Å². The van der Waals surface area contributed by atoms with E-state index in [2.05, 4.69) is 26.6 Å². The normalized spacial score (nSPS) is 17.2. The first-order valence-corrected chi connectivity index (χ1v) is 14.5. The average molecular weight is 619 g/mol. The second-order valence-electron chi connectivity index (χ2n) is 8.52. The van der Waals surface area contributed by atoms with Gasteiger partial charge in [-0.15, -0.1) is 10.2 Å². The molecule has 198 valence electrons. The van der Waals surface area contributed by atoms with E-state index in [1.54, 1.807) is 35.2 Å². The van der Waals surface area contributed by atoms with Gasteiger partial charge in [0.1, 0.15) is 5.82 Å². The zero-order valence-corrected chi connectivity index (χ0v) is 23.9. The second kappa shape index (κ2) is 11.5. The standard InChI is InChI=1S/C25H18Cl3N7O2S2/c26-14-7-6-12(9-15(14)27)20-13(10-29)23(30)35(17-4-1-5-18(36)21(17)20)24-33-34-25(39-24)38-11-19(37)32-16-3-2-8-31-22(16)28/h2-3,6-9,20H,1,4-5,11,30H2,(H,32,37). The Hall–Kier alpha value is -3.14. The highest BCUT2D eigenvalue weighted by Gasteiger charge is 2.41. The van der Waals surface area contributed by atoms with Gasteiger partial charge in [0.15, 0.2) is 15.3 Å². The summed E-state index contributed by atoms with van der Waals surface area (Å²) in [6, 6.07) is 10.6. The van der Waals surface area contributed by atoms with Gasteiger partial charge in [0.2, 0.25) is 11.0 Å². The summed E-state index contributed by atoms with van der Waals surface area (Å²) in [5, 5.41) is 22.6. The van der Waals surface area contributed by atoms with Gasteiger partial charge >= 0.3 is 0 Å². The SMILES string of the molecule is N#CC1=C(N)N(c2nnc(SCC(=O)Nc3cccnc3Cl)s2)C2=C(C(=O)CCC2)C1c1ccc(Cl)c(Cl)c1. The number of nitrogens with one attached hydrogen (secondary N) is 1. The third-order valence-electron chi connectivity index (χ3n) is 6.14. The fourth-order valence-corrected chi connectivity index (χ4v) is 6.63. The number of carbonyl (C=O) groups is 2. The maximum absolute atomic E-state index is 13.3. The molecule has 3 aromatic rings. The van der Waals surface area contributed by atoms with Crippen molar-refractivity contribution < 1.29 is 9.59 Å². The molecule has 1 unspecified atom stereocenters. The maximum Gasteiger partial charge on any atom is 0.234 e. The third-order valence-corrected chi connectivity index (χ3v) is 9.22. The molecule has 14 heteroatoms. The number of ketones is 1. The van der Waals surface area contributed by atoms with Gasteiger partial charge < -0.3 is 11.1 Å². The summed E-state index contributed by atoms with van der Waals surface area (Å²) in [5.41, 5.74) is 9.01. The van der Waals surface area contributed by atoms with Crippen LogP contribution < -0.4 is 16.0 Å². The van der Waals surface area contributed by atoms with E-state index in [9.17, 15) is 14.9 Å². The van der Waals surface area contributed by atoms with Crippen molar-refractivity contribution in [2.24, 2.45) is 5.73 Å². The van der Waals surface area contributed by atoms with Gasteiger partial charge in [-0.3, -0.25) is 14.5 Å². The number of aromatic nitrogens is 3. The highest BCUT2D eigenvalue weighted by atomic mass is 35.5. The number of thioether (sulfide) groups is 1. The van der Waals surface area contributed by atoms with E-state index < -0.39 is 5.92 Å². The van der Waals surface area contributed by atoms with E-state index in [1.807, 2.05) is 0 Å². The first-order chi connectivity index (χ1) is 18.8. The van der Waals surface area contributed by atoms with Crippen molar-refractivity contribution in [3.63, 3.8) is 0 Å². The van der Waals surface area contributed by atoms with Gasteiger partial charge in [-0.05, 0) is 42.7 Å². The van der Waals surface area contributed by atoms with Crippen LogP contribution in [0.25, 0.3) is 0 Å². The molecule has 0 fully saturated rings. The van der Waals surface area contributed by atoms with Crippen molar-refractivity contribution in [1.29, 1.82) is 5.26 Å². The lowest BCUT2D eigenvalue weighted by atomic mass is 9.76. The highest BCUT2D eigenvalue weighted by Crippen LogP contribution is 2.47. The Morgan fingerprint density at radius 1 is 1.23 bits per heavy atom. The van der Waals surface area contributed by atoms with Gasteiger partial charge in [0.25, 0.3) is 0 Å². The lowest BCUT2D eigenvalue weighted by Crippen LogP contribution is -2.38. The topological polar surface area (TPSA) is 138 Å². The van der Waals surface area contributed by atoms with Gasteiger partial charge in [-0.25, -0.2) is 4.98 Å². The molecule has 3 heterocycles. The molecule has 5 rings (SSSR count). The number of hydrogen-bond donors (Lipinski definition) is 2. The van der Waals surface area contributed by atoms with Crippen LogP contribution in [0.15, 0.2) is 63.5 Å². The summed E-state index contributed by atoms with van der Waals surface area (Å²) in [5.74, 6) is -0.807. The number of hydrogen-bond acceptors (Lipinski definition) is 10. The molecule has 1 aliphatic carbocycles. The van der Waals surface area contributed by atoms with Crippen LogP contribution in [0.1, 0.15) is 30.7 Å². The number of carbonyl (C=O) groups excluding carboxylic acids is 2. The molecular formula is C25H18Cl3N7O2S2. The Morgan fingerprint density at radius 3 is 2.79 bits per heavy atom. The summed E-state index contributed by atoms with van der Waals surface area (Å²) in [7, 11) is 0. The predicted octanol–water partition coefficient (Wildman–Crippen LogP) is 5.93. The van der Waals surface area contributed by atoms with E-state index in [-0.39, 0.29) is 34.0 Å². The first kappa shape index (κ1) is 27.4. The van der Waals surface area contributed by atoms with Crippen molar-refractivity contribution >= 4 is 80.4 Å². The summed E-state index contributed by atoms with van der Waals surface area (Å²) >= 11 is 20.8. The van der Waals surface area contributed by atoms with Crippen LogP contribution in [-0.4, -0.2) is 32.6 Å². The van der Waals surface area contributed by atoms with Crippen LogP contribution in [-0.2, 0) is 9.59 Å². The quantitative estimate of drug-likeness (QED) is 0.254. The Bertz CT molecular complexity index is 1600. The van der Waals surface area contributed by atoms with Crippen LogP contribution in [0, 0.1) is 11.3 Å². The molecule has 0 radical (unpaired) electrons. The number of allylic oxidation sites excluding steroid dienone is 3. The van der Waals surface area contributed by atoms with Crippen LogP contribution in [0.5, 0.6) is 0 Å². The smallest absolute Gasteiger partial charge is 0.234 e. The molecule has 39 heavy (non-hydrogen) atoms. The number of benzene rings is 1. The minimum Gasteiger partial charge on any atom is -0.384 e. The summed E-state index contributed by atoms with van der Waals surface area (Å²) in [6.45, 7) is 0. The average Bonchev–Trinajstić information content (AvgIpc) is 3.38. The Labute approximate surface area is 246 Å². The lowest BCUT2D eigenvalue weighted by molar-refractivity contribution is -0.116. The highest BCUT2D eigenvalue weighted by molar-refractivity contribution is 8.01. The molecule has 2 aromatic heterocycles. The molecule has 0 bridgehead atoms. The molecular weight excluding hydrogens is 601 g/mol. The summed E-state index contributed by atoms with van der Waals surface area (Å²) in [4.78, 5) is 31.2. The number of nitriles is 1. The maximum atomic E-state index is 13.3. The van der Waals surface area contributed by atoms with Gasteiger partial charge in [0, 0.05) is 23.9 Å². The number of Topliss-reactive ketones (excluding diaryl/α,β-unsaturated/α-hetero) is 1. The Kier molecular flexibility index (Phi) is 8.11. The second-order valence-corrected chi connectivity index (χ2v) is 11.9. The third kappa shape index (κ3) is 5.48. The van der Waals surface area contributed by atoms with Crippen LogP contribution in [0.4, 0.5) is 10.8 Å². The molecule has 0 saturated carbocycles. The Balaban J connectivity index is 1.44. The van der Waals surface area contributed by atoms with E-state index in [1.165, 1.54) is 29.3 Å². The number of nitrogens with two attached hydrogens (primary N) is 1. The number of halogens is 3. The zero-order chi connectivity index (χ0) is 27.7. The number of rotatable bonds is 6. The molecule has 3 N–H and O–H groups in total. The fraction of sp³-hybridized carbons (Fsp3) is 0.200. The fourth-order valence-electron chi connectivity index (χ4n) is 4.47. The first-order valence-electron chi connectivity index (χ1n) is 11.6. The van der Waals surface area contributed by atoms with Crippen molar-refractivity contribution in [2.45, 2.75) is 29.5 Å². The van der Waals surface area contributed by atoms with Crippen LogP contribution in [0.2, 0.25) is 15.2 Å². The minimum absolute atomic E-state index is 0.0560.